The van der Waals surface area contributed by atoms with E-state index in [1.54, 1.807) is 0 Å². The highest BCUT2D eigenvalue weighted by molar-refractivity contribution is 5.48. The zero-order chi connectivity index (χ0) is 13.1. The third-order valence-electron chi connectivity index (χ3n) is 3.47. The van der Waals surface area contributed by atoms with Gasteiger partial charge in [0.25, 0.3) is 0 Å². The summed E-state index contributed by atoms with van der Waals surface area (Å²) in [7, 11) is 4.26. The molecular formula is C13H23N5. The Morgan fingerprint density at radius 3 is 2.83 bits per heavy atom. The fraction of sp³-hybridized carbons (Fsp3) is 0.692. The Labute approximate surface area is 109 Å². The van der Waals surface area contributed by atoms with Crippen molar-refractivity contribution in [3.8, 4) is 0 Å². The van der Waals surface area contributed by atoms with Crippen molar-refractivity contribution < 1.29 is 0 Å². The Morgan fingerprint density at radius 1 is 1.44 bits per heavy atom. The third kappa shape index (κ3) is 2.90. The van der Waals surface area contributed by atoms with Crippen LogP contribution in [0.4, 0.5) is 11.6 Å². The van der Waals surface area contributed by atoms with Gasteiger partial charge in [-0.25, -0.2) is 9.97 Å². The first kappa shape index (κ1) is 13.1. The summed E-state index contributed by atoms with van der Waals surface area (Å²) in [5, 5.41) is 0. The molecule has 0 spiro atoms. The maximum absolute atomic E-state index is 5.86. The van der Waals surface area contributed by atoms with Crippen molar-refractivity contribution in [1.82, 2.24) is 14.9 Å². The Balaban J connectivity index is 2.13. The summed E-state index contributed by atoms with van der Waals surface area (Å²) in [6.07, 6.45) is 3.12. The van der Waals surface area contributed by atoms with Crippen LogP contribution in [-0.2, 0) is 6.42 Å². The van der Waals surface area contributed by atoms with Gasteiger partial charge in [-0.2, -0.15) is 0 Å². The molecule has 0 amide bonds. The van der Waals surface area contributed by atoms with Gasteiger partial charge < -0.3 is 15.5 Å². The summed E-state index contributed by atoms with van der Waals surface area (Å²) in [5.74, 6) is 2.42. The molecule has 1 aromatic heterocycles. The highest BCUT2D eigenvalue weighted by Crippen LogP contribution is 2.21. The molecule has 5 nitrogen and oxygen atoms in total. The molecule has 1 aliphatic rings. The van der Waals surface area contributed by atoms with E-state index in [-0.39, 0.29) is 0 Å². The number of nitrogens with zero attached hydrogens (tertiary/aromatic N) is 4. The van der Waals surface area contributed by atoms with E-state index in [4.69, 9.17) is 5.73 Å². The first-order valence-electron chi connectivity index (χ1n) is 6.65. The summed E-state index contributed by atoms with van der Waals surface area (Å²) in [6, 6.07) is 2.49. The van der Waals surface area contributed by atoms with Gasteiger partial charge in [0.15, 0.2) is 0 Å². The highest BCUT2D eigenvalue weighted by Gasteiger charge is 2.25. The average molecular weight is 249 g/mol. The molecule has 2 heterocycles. The van der Waals surface area contributed by atoms with Gasteiger partial charge in [0, 0.05) is 31.6 Å². The summed E-state index contributed by atoms with van der Waals surface area (Å²) in [6.45, 7) is 4.20. The number of nitrogens with two attached hydrogens (primary N) is 1. The fourth-order valence-corrected chi connectivity index (χ4v) is 2.37. The van der Waals surface area contributed by atoms with Crippen LogP contribution in [0.2, 0.25) is 0 Å². The Hall–Kier alpha value is -1.36. The largest absolute Gasteiger partial charge is 0.384 e. The van der Waals surface area contributed by atoms with Crippen LogP contribution in [0, 0.1) is 0 Å². The van der Waals surface area contributed by atoms with Crippen LogP contribution < -0.4 is 10.6 Å². The summed E-state index contributed by atoms with van der Waals surface area (Å²) in [5.41, 5.74) is 5.86. The van der Waals surface area contributed by atoms with Gasteiger partial charge in [-0.05, 0) is 26.9 Å². The minimum Gasteiger partial charge on any atom is -0.384 e. The van der Waals surface area contributed by atoms with E-state index in [2.05, 4.69) is 40.8 Å². The molecule has 1 aliphatic heterocycles. The first-order valence-corrected chi connectivity index (χ1v) is 6.65. The molecule has 1 unspecified atom stereocenters. The van der Waals surface area contributed by atoms with Crippen LogP contribution in [0.5, 0.6) is 0 Å². The monoisotopic (exact) mass is 249 g/mol. The van der Waals surface area contributed by atoms with E-state index >= 15 is 0 Å². The van der Waals surface area contributed by atoms with Crippen LogP contribution in [0.3, 0.4) is 0 Å². The summed E-state index contributed by atoms with van der Waals surface area (Å²) >= 11 is 0. The Morgan fingerprint density at radius 2 is 2.22 bits per heavy atom. The second-order valence-electron chi connectivity index (χ2n) is 5.17. The molecule has 0 saturated carbocycles. The number of anilines is 2. The maximum Gasteiger partial charge on any atom is 0.134 e. The van der Waals surface area contributed by atoms with Crippen LogP contribution in [0.1, 0.15) is 25.6 Å². The predicted molar refractivity (Wildman–Crippen MR) is 74.7 cm³/mol. The lowest BCUT2D eigenvalue weighted by Crippen LogP contribution is -2.31. The predicted octanol–water partition coefficient (Wildman–Crippen LogP) is 1.15. The maximum atomic E-state index is 5.86. The second kappa shape index (κ2) is 5.52. The average Bonchev–Trinajstić information content (AvgIpc) is 2.78. The van der Waals surface area contributed by atoms with Gasteiger partial charge in [0.1, 0.15) is 17.5 Å². The van der Waals surface area contributed by atoms with Crippen LogP contribution in [0.15, 0.2) is 6.07 Å². The molecule has 1 aromatic rings. The molecule has 0 aromatic carbocycles. The highest BCUT2D eigenvalue weighted by atomic mass is 15.3. The number of hydrogen-bond donors (Lipinski definition) is 1. The zero-order valence-electron chi connectivity index (χ0n) is 11.6. The second-order valence-corrected chi connectivity index (χ2v) is 5.17. The minimum atomic E-state index is 0.580. The molecule has 1 atom stereocenters. The molecule has 2 N–H and O–H groups in total. The molecule has 0 bridgehead atoms. The third-order valence-corrected chi connectivity index (χ3v) is 3.47. The molecule has 18 heavy (non-hydrogen) atoms. The first-order chi connectivity index (χ1) is 8.60. The Kier molecular flexibility index (Phi) is 4.01. The minimum absolute atomic E-state index is 0.580. The van der Waals surface area contributed by atoms with Crippen molar-refractivity contribution in [3.05, 3.63) is 11.9 Å². The van der Waals surface area contributed by atoms with Crippen LogP contribution >= 0.6 is 0 Å². The fourth-order valence-electron chi connectivity index (χ4n) is 2.37. The molecule has 100 valence electrons. The van der Waals surface area contributed by atoms with Crippen molar-refractivity contribution in [3.63, 3.8) is 0 Å². The number of hydrogen-bond acceptors (Lipinski definition) is 5. The van der Waals surface area contributed by atoms with Gasteiger partial charge in [-0.15, -0.1) is 0 Å². The number of nitrogen functional groups attached to an aromatic ring is 1. The molecule has 1 fully saturated rings. The van der Waals surface area contributed by atoms with Gasteiger partial charge >= 0.3 is 0 Å². The van der Waals surface area contributed by atoms with Crippen LogP contribution in [0.25, 0.3) is 0 Å². The molecule has 2 rings (SSSR count). The van der Waals surface area contributed by atoms with E-state index in [1.165, 1.54) is 6.42 Å². The summed E-state index contributed by atoms with van der Waals surface area (Å²) in [4.78, 5) is 13.5. The topological polar surface area (TPSA) is 58.3 Å². The summed E-state index contributed by atoms with van der Waals surface area (Å²) < 4.78 is 0. The van der Waals surface area contributed by atoms with Gasteiger partial charge in [-0.3, -0.25) is 0 Å². The molecule has 1 saturated heterocycles. The lowest BCUT2D eigenvalue weighted by atomic mass is 10.2. The molecule has 0 aliphatic carbocycles. The normalized spacial score (nSPS) is 19.8. The van der Waals surface area contributed by atoms with Crippen LogP contribution in [-0.4, -0.2) is 48.1 Å². The standard InChI is InChI=1S/C13H23N5/c1-4-5-12-15-11(14)8-13(16-12)18-7-6-10(9-18)17(2)3/h8,10H,4-7,9H2,1-3H3,(H2,14,15,16). The zero-order valence-corrected chi connectivity index (χ0v) is 11.6. The number of aromatic nitrogens is 2. The Bertz CT molecular complexity index is 404. The lowest BCUT2D eigenvalue weighted by Gasteiger charge is -2.21. The number of likely N-dealkylation sites (N-methyl/N-ethyl adjacent to an activating group) is 1. The van der Waals surface area contributed by atoms with E-state index in [0.717, 1.165) is 37.6 Å². The van der Waals surface area contributed by atoms with E-state index in [1.807, 2.05) is 6.07 Å². The van der Waals surface area contributed by atoms with Gasteiger partial charge in [-0.1, -0.05) is 6.92 Å². The van der Waals surface area contributed by atoms with Gasteiger partial charge in [0.05, 0.1) is 0 Å². The van der Waals surface area contributed by atoms with Crippen molar-refractivity contribution in [1.29, 1.82) is 0 Å². The number of rotatable bonds is 4. The smallest absolute Gasteiger partial charge is 0.134 e. The van der Waals surface area contributed by atoms with Crippen molar-refractivity contribution in [2.75, 3.05) is 37.8 Å². The lowest BCUT2D eigenvalue weighted by molar-refractivity contribution is 0.315. The van der Waals surface area contributed by atoms with Crippen molar-refractivity contribution in [2.24, 2.45) is 0 Å². The van der Waals surface area contributed by atoms with Crippen molar-refractivity contribution in [2.45, 2.75) is 32.2 Å². The molecule has 0 radical (unpaired) electrons. The SMILES string of the molecule is CCCc1nc(N)cc(N2CCC(N(C)C)C2)n1. The van der Waals surface area contributed by atoms with E-state index in [9.17, 15) is 0 Å². The van der Waals surface area contributed by atoms with E-state index < -0.39 is 0 Å². The number of aryl methyl sites for hydroxylation is 1. The quantitative estimate of drug-likeness (QED) is 0.867. The van der Waals surface area contributed by atoms with Gasteiger partial charge in [0.2, 0.25) is 0 Å². The molecular weight excluding hydrogens is 226 g/mol. The molecule has 5 heteroatoms. The van der Waals surface area contributed by atoms with Crippen molar-refractivity contribution >= 4 is 11.6 Å². The van der Waals surface area contributed by atoms with E-state index in [0.29, 0.717) is 11.9 Å².